The second-order valence-electron chi connectivity index (χ2n) is 16.2. The fraction of sp³-hybridized carbons (Fsp3) is 0.404. The number of carbonyl (C=O) groups excluding carboxylic acids is 3. The molecule has 332 valence electrons. The molecular formula is C47H57N3O12. The van der Waals surface area contributed by atoms with Gasteiger partial charge in [0.2, 0.25) is 0 Å². The maximum Gasteiger partial charge on any atom is 0.312 e. The zero-order valence-electron chi connectivity index (χ0n) is 36.6. The first-order valence-corrected chi connectivity index (χ1v) is 20.3. The van der Waals surface area contributed by atoms with Crippen molar-refractivity contribution in [2.24, 2.45) is 28.8 Å². The Morgan fingerprint density at radius 3 is 2.24 bits per heavy atom. The first-order chi connectivity index (χ1) is 29.2. The summed E-state index contributed by atoms with van der Waals surface area (Å²) < 4.78 is 23.6. The van der Waals surface area contributed by atoms with E-state index in [0.29, 0.717) is 11.4 Å². The molecule has 15 heteroatoms. The minimum Gasteiger partial charge on any atom is -0.507 e. The van der Waals surface area contributed by atoms with Crippen LogP contribution < -0.4 is 15.5 Å². The Hall–Kier alpha value is -6.16. The average Bonchev–Trinajstić information content (AvgIpc) is 3.51. The molecule has 0 radical (unpaired) electrons. The molecule has 9 unspecified atom stereocenters. The molecule has 3 aromatic carbocycles. The number of amides is 1. The van der Waals surface area contributed by atoms with Gasteiger partial charge in [0, 0.05) is 66.7 Å². The highest BCUT2D eigenvalue weighted by Crippen LogP contribution is 2.55. The molecule has 0 fully saturated rings. The van der Waals surface area contributed by atoms with Crippen molar-refractivity contribution < 1.29 is 58.9 Å². The number of anilines is 2. The fourth-order valence-corrected chi connectivity index (χ4v) is 7.82. The van der Waals surface area contributed by atoms with Crippen molar-refractivity contribution in [2.75, 3.05) is 17.9 Å². The van der Waals surface area contributed by atoms with Crippen LogP contribution in [0.1, 0.15) is 76.9 Å². The number of phenolic OH excluding ortho intramolecular Hbond substituents is 3. The number of rotatable bonds is 6. The smallest absolute Gasteiger partial charge is 0.312 e. The number of carbonyl (C=O) groups is 3. The number of ether oxygens (including phenoxy) is 4. The zero-order chi connectivity index (χ0) is 45.8. The quantitative estimate of drug-likeness (QED) is 0.0427. The van der Waals surface area contributed by atoms with Crippen molar-refractivity contribution in [3.63, 3.8) is 0 Å². The molecule has 3 heterocycles. The molecule has 0 spiro atoms. The van der Waals surface area contributed by atoms with Gasteiger partial charge in [-0.3, -0.25) is 19.8 Å². The van der Waals surface area contributed by atoms with Gasteiger partial charge in [-0.15, -0.1) is 0 Å². The number of benzene rings is 3. The van der Waals surface area contributed by atoms with E-state index < -0.39 is 88.8 Å². The number of aromatic hydroxyl groups is 3. The second-order valence-corrected chi connectivity index (χ2v) is 16.2. The van der Waals surface area contributed by atoms with E-state index >= 15 is 0 Å². The van der Waals surface area contributed by atoms with E-state index in [9.17, 15) is 39.9 Å². The lowest BCUT2D eigenvalue weighted by molar-refractivity contribution is -0.160. The summed E-state index contributed by atoms with van der Waals surface area (Å²) in [4.78, 5) is 40.6. The Morgan fingerprint density at radius 2 is 1.60 bits per heavy atom. The molecular weight excluding hydrogens is 799 g/mol. The van der Waals surface area contributed by atoms with Gasteiger partial charge < -0.3 is 49.8 Å². The van der Waals surface area contributed by atoms with Gasteiger partial charge in [-0.25, -0.2) is 0 Å². The van der Waals surface area contributed by atoms with Gasteiger partial charge in [0.05, 0.1) is 52.6 Å². The molecule has 3 aromatic rings. The monoisotopic (exact) mass is 855 g/mol. The van der Waals surface area contributed by atoms with Gasteiger partial charge in [0.15, 0.2) is 5.75 Å². The summed E-state index contributed by atoms with van der Waals surface area (Å²) in [7, 11) is 1.43. The Morgan fingerprint density at radius 1 is 0.919 bits per heavy atom. The van der Waals surface area contributed by atoms with Gasteiger partial charge in [-0.05, 0) is 51.1 Å². The first-order valence-electron chi connectivity index (χ1n) is 20.3. The molecule has 5 bridgehead atoms. The lowest BCUT2D eigenvalue weighted by Gasteiger charge is -2.38. The summed E-state index contributed by atoms with van der Waals surface area (Å²) in [6.45, 7) is 14.2. The molecule has 6 rings (SSSR count). The van der Waals surface area contributed by atoms with Crippen LogP contribution >= 0.6 is 0 Å². The third kappa shape index (κ3) is 9.49. The maximum absolute atomic E-state index is 14.5. The van der Waals surface area contributed by atoms with Crippen LogP contribution in [0.3, 0.4) is 0 Å². The van der Waals surface area contributed by atoms with Crippen molar-refractivity contribution >= 4 is 51.6 Å². The lowest BCUT2D eigenvalue weighted by Crippen LogP contribution is -2.46. The van der Waals surface area contributed by atoms with Crippen LogP contribution in [0.5, 0.6) is 23.0 Å². The molecule has 3 aliphatic heterocycles. The predicted octanol–water partition coefficient (Wildman–Crippen LogP) is 7.26. The number of nitrogens with zero attached hydrogens (tertiary/aromatic N) is 1. The molecule has 0 aromatic heterocycles. The number of phenols is 3. The van der Waals surface area contributed by atoms with E-state index in [1.54, 1.807) is 46.8 Å². The van der Waals surface area contributed by atoms with Crippen LogP contribution in [0.4, 0.5) is 11.4 Å². The molecule has 0 aliphatic carbocycles. The summed E-state index contributed by atoms with van der Waals surface area (Å²) in [5, 5.41) is 65.0. The van der Waals surface area contributed by atoms with E-state index in [-0.39, 0.29) is 44.5 Å². The molecule has 1 amide bonds. The maximum atomic E-state index is 14.5. The minimum atomic E-state index is -2.06. The highest BCUT2D eigenvalue weighted by Gasteiger charge is 2.50. The summed E-state index contributed by atoms with van der Waals surface area (Å²) in [5.41, 5.74) is 3.66. The van der Waals surface area contributed by atoms with Gasteiger partial charge in [0.1, 0.15) is 23.4 Å². The Balaban J connectivity index is 1.71. The Bertz CT molecular complexity index is 2350. The number of nitrogens with one attached hydrogen (secondary N) is 2. The molecule has 9 atom stereocenters. The summed E-state index contributed by atoms with van der Waals surface area (Å²) >= 11 is 0. The first kappa shape index (κ1) is 46.9. The number of fused-ring (bicyclic) bond motifs is 14. The number of methoxy groups -OCH3 is 1. The third-order valence-corrected chi connectivity index (χ3v) is 11.7. The van der Waals surface area contributed by atoms with Crippen LogP contribution in [-0.4, -0.2) is 86.2 Å². The zero-order valence-corrected chi connectivity index (χ0v) is 36.6. The van der Waals surface area contributed by atoms with Crippen LogP contribution in [-0.2, 0) is 23.8 Å². The number of hydrazone groups is 1. The predicted molar refractivity (Wildman–Crippen MR) is 236 cm³/mol. The highest BCUT2D eigenvalue weighted by molar-refractivity contribution is 6.23. The number of esters is 1. The van der Waals surface area contributed by atoms with E-state index in [1.807, 2.05) is 30.3 Å². The number of hydrogen-bond donors (Lipinski definition) is 7. The van der Waals surface area contributed by atoms with Crippen molar-refractivity contribution in [3.05, 3.63) is 89.2 Å². The highest BCUT2D eigenvalue weighted by atomic mass is 16.7. The van der Waals surface area contributed by atoms with Crippen LogP contribution in [0, 0.1) is 30.6 Å². The van der Waals surface area contributed by atoms with Gasteiger partial charge in [-0.1, -0.05) is 64.1 Å². The van der Waals surface area contributed by atoms with Crippen molar-refractivity contribution in [3.8, 4) is 23.0 Å². The SMILES string of the molecule is COC1C=COC2(C)Oc3c(C)c(O)c4c(O)c(c(C=CC(C)=NNc5ccccc5)c(O)c4c3C2=O)NC(=O)C(C)=CC=CC(C)C(O)C(C)C(O)C(C)C(OC(C)=O)C1C. The molecule has 7 N–H and O–H groups in total. The van der Waals surface area contributed by atoms with E-state index in [1.165, 1.54) is 65.4 Å². The van der Waals surface area contributed by atoms with Crippen LogP contribution in [0.15, 0.2) is 77.6 Å². The number of hydrogen-bond acceptors (Lipinski definition) is 14. The van der Waals surface area contributed by atoms with Crippen molar-refractivity contribution in [1.82, 2.24) is 0 Å². The number of Topliss-reactive ketones (excluding diaryl/α,β-unsaturated/α-hetero) is 1. The number of aliphatic hydroxyl groups excluding tert-OH is 2. The largest absolute Gasteiger partial charge is 0.507 e. The fourth-order valence-electron chi connectivity index (χ4n) is 7.82. The van der Waals surface area contributed by atoms with Crippen LogP contribution in [0.25, 0.3) is 16.8 Å². The van der Waals surface area contributed by atoms with Gasteiger partial charge in [0.25, 0.3) is 11.7 Å². The number of aliphatic hydroxyl groups is 2. The van der Waals surface area contributed by atoms with Crippen molar-refractivity contribution in [1.29, 1.82) is 0 Å². The standard InChI is InChI=1S/C47H57N3O12/c1-23-15-14-16-24(2)46(58)48-37-32(20-19-25(3)49-50-31-17-12-11-13-18-31)41(55)34-35(42(37)56)40(54)29(7)44-36(34)45(57)47(9,62-44)60-22-21-33(59-10)26(4)43(61-30(8)51)28(6)39(53)27(5)38(23)52/h11-23,26-28,33,38-39,43,50,52-56H,1-10H3,(H,48,58). The van der Waals surface area contributed by atoms with Crippen LogP contribution in [0.2, 0.25) is 0 Å². The topological polar surface area (TPSA) is 226 Å². The van der Waals surface area contributed by atoms with E-state index in [0.717, 1.165) is 0 Å². The normalized spacial score (nSPS) is 27.5. The molecule has 15 nitrogen and oxygen atoms in total. The van der Waals surface area contributed by atoms with E-state index in [2.05, 4.69) is 15.8 Å². The lowest BCUT2D eigenvalue weighted by atomic mass is 9.78. The molecule has 62 heavy (non-hydrogen) atoms. The molecule has 0 saturated carbocycles. The number of ketones is 1. The Labute approximate surface area is 361 Å². The third-order valence-electron chi connectivity index (χ3n) is 11.7. The second kappa shape index (κ2) is 19.3. The molecule has 3 aliphatic rings. The summed E-state index contributed by atoms with van der Waals surface area (Å²) in [5.74, 6) is -8.51. The summed E-state index contributed by atoms with van der Waals surface area (Å²) in [6, 6.07) is 9.16. The van der Waals surface area contributed by atoms with Crippen molar-refractivity contribution in [2.45, 2.75) is 92.5 Å². The van der Waals surface area contributed by atoms with E-state index in [4.69, 9.17) is 18.9 Å². The number of para-hydroxylation sites is 1. The minimum absolute atomic E-state index is 0.0415. The summed E-state index contributed by atoms with van der Waals surface area (Å²) in [6.07, 6.45) is 6.40. The van der Waals surface area contributed by atoms with Gasteiger partial charge in [-0.2, -0.15) is 5.10 Å². The average molecular weight is 856 g/mol. The van der Waals surface area contributed by atoms with Gasteiger partial charge >= 0.3 is 11.8 Å². The number of allylic oxidation sites excluding steroid dienone is 3. The molecule has 0 saturated heterocycles. The Kier molecular flexibility index (Phi) is 14.6.